The van der Waals surface area contributed by atoms with Crippen molar-refractivity contribution in [3.05, 3.63) is 74.9 Å². The quantitative estimate of drug-likeness (QED) is 0.272. The molecule has 0 saturated heterocycles. The van der Waals surface area contributed by atoms with Crippen LogP contribution in [0.1, 0.15) is 73.1 Å². The van der Waals surface area contributed by atoms with Crippen molar-refractivity contribution in [3.8, 4) is 5.75 Å². The van der Waals surface area contributed by atoms with Crippen LogP contribution in [0.15, 0.2) is 74.9 Å². The van der Waals surface area contributed by atoms with Gasteiger partial charge in [-0.05, 0) is 64.3 Å². The average Bonchev–Trinajstić information content (AvgIpc) is 2.67. The van der Waals surface area contributed by atoms with E-state index >= 15 is 0 Å². The molecule has 0 spiro atoms. The first-order valence-corrected chi connectivity index (χ1v) is 10.3. The molecule has 1 aromatic carbocycles. The molecule has 1 rings (SSSR count). The molecular weight excluding hydrogens is 358 g/mol. The topological polar surface area (TPSA) is 49.3 Å². The number of phenolic OH excluding ortho intramolecular Hbond substituents is 1. The molecule has 166 valence electrons. The SMILES string of the molecule is C=CC.C=CC.C=CC.C=CCCCCC.CCCC(=O)Nc1ccc(O)cc1. The Labute approximate surface area is 181 Å². The van der Waals surface area contributed by atoms with Gasteiger partial charge in [-0.25, -0.2) is 0 Å². The highest BCUT2D eigenvalue weighted by molar-refractivity contribution is 5.90. The molecule has 0 aliphatic carbocycles. The molecule has 3 heteroatoms. The van der Waals surface area contributed by atoms with Gasteiger partial charge in [0.1, 0.15) is 5.75 Å². The van der Waals surface area contributed by atoms with Crippen LogP contribution in [-0.2, 0) is 4.79 Å². The zero-order valence-corrected chi connectivity index (χ0v) is 19.5. The Morgan fingerprint density at radius 2 is 1.34 bits per heavy atom. The molecule has 0 unspecified atom stereocenters. The number of allylic oxidation sites excluding steroid dienone is 4. The summed E-state index contributed by atoms with van der Waals surface area (Å²) in [7, 11) is 0. The van der Waals surface area contributed by atoms with Crippen molar-refractivity contribution in [2.45, 2.75) is 73.1 Å². The first kappa shape index (κ1) is 34.0. The monoisotopic (exact) mass is 403 g/mol. The molecule has 0 aliphatic heterocycles. The van der Waals surface area contributed by atoms with Crippen molar-refractivity contribution >= 4 is 11.6 Å². The van der Waals surface area contributed by atoms with Gasteiger partial charge in [0.2, 0.25) is 5.91 Å². The first-order valence-electron chi connectivity index (χ1n) is 10.3. The Bertz CT molecular complexity index is 476. The third kappa shape index (κ3) is 41.1. The molecule has 0 aliphatic rings. The Hall–Kier alpha value is -2.55. The maximum atomic E-state index is 11.1. The number of amides is 1. The standard InChI is InChI=1S/C10H13NO2.C7H14.3C3H6/c1-2-3-10(13)11-8-4-6-9(12)7-5-8;1-3-5-7-6-4-2;3*1-3-2/h4-7,12H,2-3H2,1H3,(H,11,13);3H,1,4-7H2,2H3;3*3H,1H2,2H3. The van der Waals surface area contributed by atoms with E-state index in [9.17, 15) is 4.79 Å². The molecule has 3 nitrogen and oxygen atoms in total. The van der Waals surface area contributed by atoms with Crippen LogP contribution in [0.5, 0.6) is 5.75 Å². The summed E-state index contributed by atoms with van der Waals surface area (Å²) in [6, 6.07) is 6.43. The highest BCUT2D eigenvalue weighted by Gasteiger charge is 1.99. The van der Waals surface area contributed by atoms with Gasteiger partial charge >= 0.3 is 0 Å². The highest BCUT2D eigenvalue weighted by Crippen LogP contribution is 2.13. The third-order valence-electron chi connectivity index (χ3n) is 2.64. The van der Waals surface area contributed by atoms with E-state index in [2.05, 4.69) is 38.6 Å². The van der Waals surface area contributed by atoms with Crippen molar-refractivity contribution < 1.29 is 9.90 Å². The first-order chi connectivity index (χ1) is 13.9. The highest BCUT2D eigenvalue weighted by atomic mass is 16.3. The molecular formula is C26H45NO2. The summed E-state index contributed by atoms with van der Waals surface area (Å²) in [5.74, 6) is 0.210. The van der Waals surface area contributed by atoms with E-state index in [1.165, 1.54) is 25.7 Å². The second-order valence-corrected chi connectivity index (χ2v) is 5.85. The number of rotatable bonds is 7. The normalized spacial score (nSPS) is 7.76. The minimum atomic E-state index is 0.00758. The summed E-state index contributed by atoms with van der Waals surface area (Å²) in [5.41, 5.74) is 0.719. The Morgan fingerprint density at radius 1 is 0.897 bits per heavy atom. The largest absolute Gasteiger partial charge is 0.508 e. The van der Waals surface area contributed by atoms with Gasteiger partial charge in [0.25, 0.3) is 0 Å². The van der Waals surface area contributed by atoms with Gasteiger partial charge in [-0.2, -0.15) is 0 Å². The molecule has 0 saturated carbocycles. The summed E-state index contributed by atoms with van der Waals surface area (Å²) in [5, 5.41) is 11.7. The number of unbranched alkanes of at least 4 members (excludes halogenated alkanes) is 3. The van der Waals surface area contributed by atoms with Gasteiger partial charge in [0.15, 0.2) is 0 Å². The summed E-state index contributed by atoms with van der Waals surface area (Å²) < 4.78 is 0. The Morgan fingerprint density at radius 3 is 1.69 bits per heavy atom. The fourth-order valence-corrected chi connectivity index (χ4v) is 1.53. The van der Waals surface area contributed by atoms with Crippen LogP contribution in [0.3, 0.4) is 0 Å². The fourth-order valence-electron chi connectivity index (χ4n) is 1.53. The van der Waals surface area contributed by atoms with Crippen LogP contribution in [0.2, 0.25) is 0 Å². The zero-order valence-electron chi connectivity index (χ0n) is 19.5. The molecule has 1 amide bonds. The van der Waals surface area contributed by atoms with E-state index in [-0.39, 0.29) is 11.7 Å². The summed E-state index contributed by atoms with van der Waals surface area (Å²) in [6.07, 6.45) is 13.8. The van der Waals surface area contributed by atoms with Crippen LogP contribution in [0.25, 0.3) is 0 Å². The second-order valence-electron chi connectivity index (χ2n) is 5.85. The lowest BCUT2D eigenvalue weighted by molar-refractivity contribution is -0.116. The minimum absolute atomic E-state index is 0.00758. The molecule has 0 bridgehead atoms. The van der Waals surface area contributed by atoms with Crippen molar-refractivity contribution in [1.82, 2.24) is 0 Å². The van der Waals surface area contributed by atoms with E-state index in [0.717, 1.165) is 12.1 Å². The van der Waals surface area contributed by atoms with Crippen LogP contribution in [0.4, 0.5) is 5.69 Å². The molecule has 29 heavy (non-hydrogen) atoms. The second kappa shape index (κ2) is 33.1. The Kier molecular flexibility index (Phi) is 38.8. The predicted molar refractivity (Wildman–Crippen MR) is 134 cm³/mol. The van der Waals surface area contributed by atoms with Gasteiger partial charge in [0.05, 0.1) is 0 Å². The number of hydrogen-bond donors (Lipinski definition) is 2. The van der Waals surface area contributed by atoms with Gasteiger partial charge in [0, 0.05) is 12.1 Å². The summed E-state index contributed by atoms with van der Waals surface area (Å²) in [4.78, 5) is 11.1. The van der Waals surface area contributed by atoms with E-state index < -0.39 is 0 Å². The maximum absolute atomic E-state index is 11.1. The van der Waals surface area contributed by atoms with Gasteiger partial charge in [-0.15, -0.1) is 26.3 Å². The predicted octanol–water partition coefficient (Wildman–Crippen LogP) is 8.46. The van der Waals surface area contributed by atoms with Gasteiger partial charge in [-0.3, -0.25) is 4.79 Å². The van der Waals surface area contributed by atoms with E-state index in [4.69, 9.17) is 5.11 Å². The molecule has 1 aromatic rings. The minimum Gasteiger partial charge on any atom is -0.508 e. The van der Waals surface area contributed by atoms with Crippen molar-refractivity contribution in [3.63, 3.8) is 0 Å². The fraction of sp³-hybridized carbons (Fsp3) is 0.423. The van der Waals surface area contributed by atoms with Gasteiger partial charge in [-0.1, -0.05) is 51.0 Å². The van der Waals surface area contributed by atoms with Crippen LogP contribution in [0, 0.1) is 0 Å². The molecule has 0 fully saturated rings. The number of benzene rings is 1. The van der Waals surface area contributed by atoms with Crippen LogP contribution < -0.4 is 5.32 Å². The molecule has 0 atom stereocenters. The zero-order chi connectivity index (χ0) is 23.3. The number of phenols is 1. The molecule has 0 heterocycles. The number of anilines is 1. The molecule has 0 radical (unpaired) electrons. The summed E-state index contributed by atoms with van der Waals surface area (Å²) >= 11 is 0. The van der Waals surface area contributed by atoms with E-state index in [0.29, 0.717) is 6.42 Å². The number of hydrogen-bond acceptors (Lipinski definition) is 2. The van der Waals surface area contributed by atoms with Crippen LogP contribution in [-0.4, -0.2) is 11.0 Å². The average molecular weight is 404 g/mol. The lowest BCUT2D eigenvalue weighted by atomic mass is 10.2. The number of nitrogens with one attached hydrogen (secondary N) is 1. The lowest BCUT2D eigenvalue weighted by Crippen LogP contribution is -2.10. The van der Waals surface area contributed by atoms with Gasteiger partial charge < -0.3 is 10.4 Å². The van der Waals surface area contributed by atoms with E-state index in [1.807, 2.05) is 33.8 Å². The number of aromatic hydroxyl groups is 1. The van der Waals surface area contributed by atoms with Crippen molar-refractivity contribution in [2.75, 3.05) is 5.32 Å². The lowest BCUT2D eigenvalue weighted by Gasteiger charge is -2.03. The molecule has 2 N–H and O–H groups in total. The summed E-state index contributed by atoms with van der Waals surface area (Å²) in [6.45, 7) is 23.5. The van der Waals surface area contributed by atoms with Crippen molar-refractivity contribution in [2.24, 2.45) is 0 Å². The van der Waals surface area contributed by atoms with Crippen molar-refractivity contribution in [1.29, 1.82) is 0 Å². The van der Waals surface area contributed by atoms with E-state index in [1.54, 1.807) is 42.5 Å². The third-order valence-corrected chi connectivity index (χ3v) is 2.64. The Balaban J connectivity index is -0.000000164. The smallest absolute Gasteiger partial charge is 0.224 e. The number of carbonyl (C=O) groups is 1. The van der Waals surface area contributed by atoms with Crippen LogP contribution >= 0.6 is 0 Å². The maximum Gasteiger partial charge on any atom is 0.224 e. The number of carbonyl (C=O) groups excluding carboxylic acids is 1. The molecule has 0 aromatic heterocycles.